The number of carbonyl (C=O) groups is 1. The Morgan fingerprint density at radius 3 is 2.61 bits per heavy atom. The van der Waals surface area contributed by atoms with Gasteiger partial charge in [0.2, 0.25) is 0 Å². The molecule has 0 bridgehead atoms. The van der Waals surface area contributed by atoms with Gasteiger partial charge >= 0.3 is 0 Å². The molecule has 2 aromatic carbocycles. The normalized spacial score (nSPS) is 11.4. The molecule has 3 aromatic rings. The molecule has 6 nitrogen and oxygen atoms in total. The van der Waals surface area contributed by atoms with Crippen LogP contribution in [0.2, 0.25) is 0 Å². The van der Waals surface area contributed by atoms with E-state index in [0.717, 1.165) is 5.46 Å². The molecular formula is C20H15BN4O2S. The molecule has 1 unspecified atom stereocenters. The highest BCUT2D eigenvalue weighted by molar-refractivity contribution is 7.98. The fourth-order valence-electron chi connectivity index (χ4n) is 2.91. The van der Waals surface area contributed by atoms with E-state index in [9.17, 15) is 9.70 Å². The number of aromatic nitrogens is 2. The molecule has 0 saturated carbocycles. The molecule has 0 fully saturated rings. The largest absolute Gasteiger partial charge is 0.293 e. The molecule has 0 aliphatic rings. The Kier molecular flexibility index (Phi) is 5.97. The highest BCUT2D eigenvalue weighted by Gasteiger charge is 2.28. The molecule has 0 radical (unpaired) electrons. The maximum atomic E-state index is 13.4. The van der Waals surface area contributed by atoms with E-state index in [1.165, 1.54) is 11.8 Å². The first-order valence-electron chi connectivity index (χ1n) is 8.42. The summed E-state index contributed by atoms with van der Waals surface area (Å²) < 4.78 is 0. The van der Waals surface area contributed by atoms with E-state index >= 15 is 0 Å². The highest BCUT2D eigenvalue weighted by Crippen LogP contribution is 2.34. The Bertz CT molecular complexity index is 1080. The summed E-state index contributed by atoms with van der Waals surface area (Å²) in [7, 11) is 1.88. The van der Waals surface area contributed by atoms with Crippen LogP contribution in [0.4, 0.5) is 5.69 Å². The van der Waals surface area contributed by atoms with Crippen molar-refractivity contribution in [3.8, 4) is 6.07 Å². The molecule has 3 rings (SSSR count). The van der Waals surface area contributed by atoms with E-state index in [0.29, 0.717) is 27.5 Å². The minimum absolute atomic E-state index is 0.196. The van der Waals surface area contributed by atoms with Crippen molar-refractivity contribution in [2.45, 2.75) is 11.1 Å². The van der Waals surface area contributed by atoms with Crippen LogP contribution in [0.1, 0.15) is 33.1 Å². The monoisotopic (exact) mass is 386 g/mol. The van der Waals surface area contributed by atoms with Crippen molar-refractivity contribution in [3.05, 3.63) is 82.0 Å². The third-order valence-corrected chi connectivity index (χ3v) is 4.85. The number of benzene rings is 2. The van der Waals surface area contributed by atoms with E-state index in [4.69, 9.17) is 5.26 Å². The van der Waals surface area contributed by atoms with Gasteiger partial charge in [0.05, 0.1) is 23.2 Å². The number of ketones is 1. The van der Waals surface area contributed by atoms with E-state index < -0.39 is 5.92 Å². The molecule has 8 heteroatoms. The summed E-state index contributed by atoms with van der Waals surface area (Å²) >= 11 is 1.37. The third-order valence-electron chi connectivity index (χ3n) is 4.29. The van der Waals surface area contributed by atoms with Crippen LogP contribution >= 0.6 is 11.8 Å². The van der Waals surface area contributed by atoms with Gasteiger partial charge in [0.1, 0.15) is 13.5 Å². The summed E-state index contributed by atoms with van der Waals surface area (Å²) in [6, 6.07) is 15.3. The zero-order valence-corrected chi connectivity index (χ0v) is 16.1. The van der Waals surface area contributed by atoms with Gasteiger partial charge in [-0.3, -0.25) is 4.79 Å². The van der Waals surface area contributed by atoms with Crippen molar-refractivity contribution in [1.29, 1.82) is 5.26 Å². The van der Waals surface area contributed by atoms with Gasteiger partial charge in [-0.05, 0) is 41.3 Å². The molecular weight excluding hydrogens is 371 g/mol. The van der Waals surface area contributed by atoms with Crippen LogP contribution in [0.5, 0.6) is 0 Å². The van der Waals surface area contributed by atoms with Gasteiger partial charge in [0.15, 0.2) is 10.9 Å². The smallest absolute Gasteiger partial charge is 0.187 e. The second-order valence-electron chi connectivity index (χ2n) is 6.11. The first-order chi connectivity index (χ1) is 13.6. The lowest BCUT2D eigenvalue weighted by Crippen LogP contribution is -2.18. The molecule has 0 saturated heterocycles. The second kappa shape index (κ2) is 8.59. The molecule has 0 amide bonds. The van der Waals surface area contributed by atoms with Gasteiger partial charge in [-0.1, -0.05) is 41.5 Å². The minimum atomic E-state index is -0.811. The minimum Gasteiger partial charge on any atom is -0.293 e. The lowest BCUT2D eigenvalue weighted by Gasteiger charge is -2.18. The van der Waals surface area contributed by atoms with Crippen molar-refractivity contribution in [2.75, 3.05) is 6.26 Å². The Morgan fingerprint density at radius 2 is 1.96 bits per heavy atom. The molecule has 1 atom stereocenters. The van der Waals surface area contributed by atoms with Crippen molar-refractivity contribution in [2.24, 2.45) is 5.18 Å². The van der Waals surface area contributed by atoms with Gasteiger partial charge in [-0.25, -0.2) is 9.97 Å². The number of nitrogens with zero attached hydrogens (tertiary/aromatic N) is 4. The summed E-state index contributed by atoms with van der Waals surface area (Å²) in [5, 5.41) is 12.6. The average molecular weight is 386 g/mol. The number of Topliss-reactive ketones (excluding diaryl/α,β-unsaturated/α-hetero) is 1. The van der Waals surface area contributed by atoms with E-state index in [2.05, 4.69) is 15.1 Å². The van der Waals surface area contributed by atoms with Crippen molar-refractivity contribution < 1.29 is 4.79 Å². The first-order valence-corrected chi connectivity index (χ1v) is 9.65. The maximum absolute atomic E-state index is 13.4. The Labute approximate surface area is 167 Å². The van der Waals surface area contributed by atoms with Crippen LogP contribution in [-0.2, 0) is 0 Å². The fraction of sp³-hybridized carbons (Fsp3) is 0.100. The first kappa shape index (κ1) is 19.5. The van der Waals surface area contributed by atoms with Gasteiger partial charge < -0.3 is 0 Å². The fourth-order valence-corrected chi connectivity index (χ4v) is 3.27. The van der Waals surface area contributed by atoms with Gasteiger partial charge in [-0.15, -0.1) is 4.91 Å². The second-order valence-corrected chi connectivity index (χ2v) is 6.88. The number of rotatable bonds is 6. The van der Waals surface area contributed by atoms with Crippen LogP contribution in [-0.4, -0.2) is 29.9 Å². The summed E-state index contributed by atoms with van der Waals surface area (Å²) in [6.07, 6.45) is 3.44. The number of hydrogen-bond donors (Lipinski definition) is 0. The molecule has 136 valence electrons. The average Bonchev–Trinajstić information content (AvgIpc) is 2.74. The van der Waals surface area contributed by atoms with Crippen LogP contribution < -0.4 is 5.46 Å². The topological polar surface area (TPSA) is 96.1 Å². The number of carbonyl (C=O) groups excluding carboxylic acids is 1. The van der Waals surface area contributed by atoms with Crippen molar-refractivity contribution in [3.63, 3.8) is 0 Å². The highest BCUT2D eigenvalue weighted by atomic mass is 32.2. The molecule has 0 N–H and O–H groups in total. The Balaban J connectivity index is 2.19. The van der Waals surface area contributed by atoms with E-state index in [1.54, 1.807) is 54.7 Å². The Morgan fingerprint density at radius 1 is 1.21 bits per heavy atom. The summed E-state index contributed by atoms with van der Waals surface area (Å²) in [6.45, 7) is 0. The molecule has 0 aliphatic heterocycles. The SMILES string of the molecule is Bc1ccc(N=O)c(C(C(=O)c2ccc(C#N)cc2)c2ccnc(SC)n2)c1. The van der Waals surface area contributed by atoms with E-state index in [-0.39, 0.29) is 11.5 Å². The lowest BCUT2D eigenvalue weighted by molar-refractivity contribution is 0.0972. The quantitative estimate of drug-likeness (QED) is 0.213. The van der Waals surface area contributed by atoms with Crippen molar-refractivity contribution in [1.82, 2.24) is 9.97 Å². The predicted molar refractivity (Wildman–Crippen MR) is 111 cm³/mol. The van der Waals surface area contributed by atoms with Crippen LogP contribution in [0, 0.1) is 16.2 Å². The molecule has 0 aliphatic carbocycles. The van der Waals surface area contributed by atoms with Gasteiger partial charge in [0, 0.05) is 11.8 Å². The summed E-state index contributed by atoms with van der Waals surface area (Å²) in [5.41, 5.74) is 2.97. The number of nitriles is 1. The maximum Gasteiger partial charge on any atom is 0.187 e. The summed E-state index contributed by atoms with van der Waals surface area (Å²) in [4.78, 5) is 33.5. The third kappa shape index (κ3) is 4.00. The molecule has 0 spiro atoms. The van der Waals surface area contributed by atoms with E-state index in [1.807, 2.05) is 20.2 Å². The van der Waals surface area contributed by atoms with Crippen molar-refractivity contribution >= 4 is 36.5 Å². The van der Waals surface area contributed by atoms with Crippen LogP contribution in [0.25, 0.3) is 0 Å². The van der Waals surface area contributed by atoms with Gasteiger partial charge in [0.25, 0.3) is 0 Å². The standard InChI is InChI=1S/C20H15BN4O2S/c1-28-20-23-9-8-17(24-20)18(15-10-14(21)6-7-16(15)25-27)19(26)13-4-2-12(11-22)3-5-13/h2-10,18H,21H2,1H3. The summed E-state index contributed by atoms with van der Waals surface area (Å²) in [5.74, 6) is -1.04. The van der Waals surface area contributed by atoms with Gasteiger partial charge in [-0.2, -0.15) is 5.26 Å². The zero-order valence-electron chi connectivity index (χ0n) is 15.3. The molecule has 1 heterocycles. The van der Waals surface area contributed by atoms with Crippen LogP contribution in [0.3, 0.4) is 0 Å². The number of thioether (sulfide) groups is 1. The number of nitroso groups, excluding NO2 is 1. The Hall–Kier alpha value is -3.31. The zero-order chi connectivity index (χ0) is 20.1. The molecule has 1 aromatic heterocycles. The lowest BCUT2D eigenvalue weighted by atomic mass is 9.83. The van der Waals surface area contributed by atoms with Crippen LogP contribution in [0.15, 0.2) is 65.1 Å². The number of hydrogen-bond acceptors (Lipinski definition) is 7. The molecule has 28 heavy (non-hydrogen) atoms. The predicted octanol–water partition coefficient (Wildman–Crippen LogP) is 2.74.